The molecular weight excluding hydrogens is 490 g/mol. The van der Waals surface area contributed by atoms with Gasteiger partial charge in [-0.05, 0) is 97.8 Å². The number of aromatic nitrogens is 3. The maximum absolute atomic E-state index is 6.58. The molecule has 1 saturated heterocycles. The van der Waals surface area contributed by atoms with Crippen LogP contribution in [0, 0.1) is 18.3 Å². The molecule has 2 saturated carbocycles. The van der Waals surface area contributed by atoms with E-state index in [4.69, 9.17) is 19.4 Å². The molecule has 0 amide bonds. The molecule has 3 aliphatic rings. The lowest BCUT2D eigenvalue weighted by atomic mass is 9.91. The van der Waals surface area contributed by atoms with Crippen LogP contribution in [0.25, 0.3) is 21.9 Å². The summed E-state index contributed by atoms with van der Waals surface area (Å²) < 4.78 is 16.5. The molecule has 3 aromatic heterocycles. The highest BCUT2D eigenvalue weighted by molar-refractivity contribution is 9.10. The fraction of sp³-hybridized carbons (Fsp3) is 0.429. The first-order chi connectivity index (χ1) is 16.3. The van der Waals surface area contributed by atoms with Crippen molar-refractivity contribution in [3.63, 3.8) is 0 Å². The molecule has 0 radical (unpaired) electrons. The van der Waals surface area contributed by atoms with Crippen LogP contribution in [0.2, 0.25) is 0 Å². The first-order valence-corrected chi connectivity index (χ1v) is 13.0. The summed E-state index contributed by atoms with van der Waals surface area (Å²) in [5, 5.41) is 2.35. The zero-order valence-electron chi connectivity index (χ0n) is 19.7. The van der Waals surface area contributed by atoms with Crippen molar-refractivity contribution in [1.29, 1.82) is 0 Å². The number of aryl methyl sites for hydroxylation is 2. The van der Waals surface area contributed by atoms with Gasteiger partial charge in [0.15, 0.2) is 5.79 Å². The molecule has 1 aromatic carbocycles. The van der Waals surface area contributed by atoms with E-state index in [0.717, 1.165) is 34.2 Å². The van der Waals surface area contributed by atoms with Gasteiger partial charge in [-0.3, -0.25) is 4.98 Å². The lowest BCUT2D eigenvalue weighted by molar-refractivity contribution is -0.161. The van der Waals surface area contributed by atoms with Crippen molar-refractivity contribution in [2.24, 2.45) is 11.3 Å². The summed E-state index contributed by atoms with van der Waals surface area (Å²) in [5.41, 5.74) is 4.64. The SMILES string of the molecule is Cc1nc2cc(CC[C@]34C[C@@H]3[C@@H](n3ccc5cccnc53)[C@@H]3OC(C)(C)O[C@@H]34)ccc2cc1Br. The predicted molar refractivity (Wildman–Crippen MR) is 136 cm³/mol. The van der Waals surface area contributed by atoms with Crippen molar-refractivity contribution in [3.05, 3.63) is 70.6 Å². The van der Waals surface area contributed by atoms with Gasteiger partial charge in [-0.15, -0.1) is 0 Å². The molecule has 6 heteroatoms. The van der Waals surface area contributed by atoms with E-state index < -0.39 is 5.79 Å². The van der Waals surface area contributed by atoms with E-state index in [-0.39, 0.29) is 23.7 Å². The third kappa shape index (κ3) is 3.05. The first-order valence-electron chi connectivity index (χ1n) is 12.2. The van der Waals surface area contributed by atoms with Crippen LogP contribution < -0.4 is 0 Å². The molecule has 4 heterocycles. The number of benzene rings is 1. The third-order valence-electron chi connectivity index (χ3n) is 8.31. The van der Waals surface area contributed by atoms with Gasteiger partial charge in [-0.2, -0.15) is 0 Å². The highest BCUT2D eigenvalue weighted by Gasteiger charge is 2.75. The van der Waals surface area contributed by atoms with E-state index in [1.807, 2.05) is 19.2 Å². The van der Waals surface area contributed by atoms with E-state index in [1.165, 1.54) is 22.8 Å². The van der Waals surface area contributed by atoms with Crippen molar-refractivity contribution in [3.8, 4) is 0 Å². The standard InChI is InChI=1S/C28H28BrN3O2/c1-16-21(29)14-19-7-6-17(13-22(19)31-16)8-10-28-15-20(28)23(24-25(28)34-27(2,3)33-24)32-12-9-18-5-4-11-30-26(18)32/h4-7,9,11-14,20,23-25H,8,10,15H2,1-3H3/t20-,23-,24+,25+,28+/m1/s1. The smallest absolute Gasteiger partial charge is 0.163 e. The Morgan fingerprint density at radius 2 is 2.00 bits per heavy atom. The van der Waals surface area contributed by atoms with Crippen LogP contribution >= 0.6 is 15.9 Å². The molecule has 0 unspecified atom stereocenters. The monoisotopic (exact) mass is 517 g/mol. The second-order valence-corrected chi connectivity index (χ2v) is 11.6. The Hall–Kier alpha value is -2.28. The number of pyridine rings is 2. The van der Waals surface area contributed by atoms with Gasteiger partial charge in [0.1, 0.15) is 11.8 Å². The molecular formula is C28H28BrN3O2. The molecule has 2 aliphatic carbocycles. The number of hydrogen-bond donors (Lipinski definition) is 0. The number of nitrogens with zero attached hydrogens (tertiary/aromatic N) is 3. The van der Waals surface area contributed by atoms with E-state index in [9.17, 15) is 0 Å². The highest BCUT2D eigenvalue weighted by atomic mass is 79.9. The van der Waals surface area contributed by atoms with Crippen LogP contribution in [-0.2, 0) is 15.9 Å². The van der Waals surface area contributed by atoms with Crippen molar-refractivity contribution < 1.29 is 9.47 Å². The molecule has 1 aliphatic heterocycles. The van der Waals surface area contributed by atoms with Gasteiger partial charge in [-0.25, -0.2) is 4.98 Å². The molecule has 174 valence electrons. The Bertz CT molecular complexity index is 1450. The van der Waals surface area contributed by atoms with Gasteiger partial charge >= 0.3 is 0 Å². The normalized spacial score (nSPS) is 31.2. The lowest BCUT2D eigenvalue weighted by Gasteiger charge is -2.24. The Morgan fingerprint density at radius 3 is 2.88 bits per heavy atom. The van der Waals surface area contributed by atoms with Crippen molar-refractivity contribution in [2.45, 2.75) is 64.1 Å². The van der Waals surface area contributed by atoms with Crippen LogP contribution in [0.5, 0.6) is 0 Å². The van der Waals surface area contributed by atoms with Crippen LogP contribution in [0.15, 0.2) is 59.3 Å². The van der Waals surface area contributed by atoms with Crippen molar-refractivity contribution >= 4 is 37.9 Å². The summed E-state index contributed by atoms with van der Waals surface area (Å²) >= 11 is 3.60. The first kappa shape index (κ1) is 21.0. The van der Waals surface area contributed by atoms with Crippen molar-refractivity contribution in [1.82, 2.24) is 14.5 Å². The molecule has 34 heavy (non-hydrogen) atoms. The second-order valence-electron chi connectivity index (χ2n) is 10.8. The molecule has 7 rings (SSSR count). The summed E-state index contributed by atoms with van der Waals surface area (Å²) in [4.78, 5) is 9.49. The quantitative estimate of drug-likeness (QED) is 0.315. The molecule has 5 atom stereocenters. The van der Waals surface area contributed by atoms with Crippen molar-refractivity contribution in [2.75, 3.05) is 0 Å². The summed E-state index contributed by atoms with van der Waals surface area (Å²) in [7, 11) is 0. The van der Waals surface area contributed by atoms with Gasteiger partial charge in [-0.1, -0.05) is 12.1 Å². The van der Waals surface area contributed by atoms with E-state index >= 15 is 0 Å². The molecule has 5 nitrogen and oxygen atoms in total. The topological polar surface area (TPSA) is 49.2 Å². The maximum atomic E-state index is 6.58. The van der Waals surface area contributed by atoms with Crippen LogP contribution in [0.3, 0.4) is 0 Å². The van der Waals surface area contributed by atoms with Crippen LogP contribution in [-0.4, -0.2) is 32.5 Å². The minimum absolute atomic E-state index is 0.0598. The van der Waals surface area contributed by atoms with Gasteiger partial charge in [0.2, 0.25) is 0 Å². The molecule has 0 N–H and O–H groups in total. The zero-order chi connectivity index (χ0) is 23.2. The minimum Gasteiger partial charge on any atom is -0.344 e. The third-order valence-corrected chi connectivity index (χ3v) is 9.11. The number of hydrogen-bond acceptors (Lipinski definition) is 4. The average Bonchev–Trinajstić information content (AvgIpc) is 3.08. The van der Waals surface area contributed by atoms with Crippen LogP contribution in [0.1, 0.15) is 44.0 Å². The summed E-state index contributed by atoms with van der Waals surface area (Å²) in [5.74, 6) is -0.00420. The second kappa shape index (κ2) is 7.12. The molecule has 0 bridgehead atoms. The van der Waals surface area contributed by atoms with Gasteiger partial charge in [0.25, 0.3) is 0 Å². The fourth-order valence-electron chi connectivity index (χ4n) is 6.68. The largest absolute Gasteiger partial charge is 0.344 e. The van der Waals surface area contributed by atoms with Gasteiger partial charge < -0.3 is 14.0 Å². The fourth-order valence-corrected chi connectivity index (χ4v) is 7.01. The van der Waals surface area contributed by atoms with E-state index in [1.54, 1.807) is 0 Å². The zero-order valence-corrected chi connectivity index (χ0v) is 21.2. The Morgan fingerprint density at radius 1 is 1.12 bits per heavy atom. The van der Waals surface area contributed by atoms with Gasteiger partial charge in [0.05, 0.1) is 23.4 Å². The lowest BCUT2D eigenvalue weighted by Crippen LogP contribution is -2.32. The summed E-state index contributed by atoms with van der Waals surface area (Å²) in [6, 6.07) is 15.4. The Balaban J connectivity index is 1.21. The summed E-state index contributed by atoms with van der Waals surface area (Å²) in [6.45, 7) is 6.14. The maximum Gasteiger partial charge on any atom is 0.163 e. The average molecular weight is 518 g/mol. The summed E-state index contributed by atoms with van der Waals surface area (Å²) in [6.07, 6.45) is 7.56. The molecule has 3 fully saturated rings. The van der Waals surface area contributed by atoms with E-state index in [2.05, 4.69) is 76.9 Å². The number of ether oxygens (including phenoxy) is 2. The van der Waals surface area contributed by atoms with E-state index in [0.29, 0.717) is 5.92 Å². The Labute approximate surface area is 207 Å². The predicted octanol–water partition coefficient (Wildman–Crippen LogP) is 6.37. The number of halogens is 1. The number of rotatable bonds is 4. The minimum atomic E-state index is -0.553. The highest BCUT2D eigenvalue weighted by Crippen LogP contribution is 2.73. The number of fused-ring (bicyclic) bond motifs is 5. The Kier molecular flexibility index (Phi) is 4.41. The van der Waals surface area contributed by atoms with Gasteiger partial charge in [0, 0.05) is 33.1 Å². The molecule has 0 spiro atoms. The molecule has 4 aromatic rings. The van der Waals surface area contributed by atoms with Crippen LogP contribution in [0.4, 0.5) is 0 Å².